The maximum Gasteiger partial charge on any atom is 0.409 e. The van der Waals surface area contributed by atoms with Crippen LogP contribution in [-0.4, -0.2) is 29.1 Å². The molecule has 0 amide bonds. The number of allylic oxidation sites excluding steroid dienone is 2. The summed E-state index contributed by atoms with van der Waals surface area (Å²) in [5.74, 6) is 0. The van der Waals surface area contributed by atoms with Gasteiger partial charge in [-0.2, -0.15) is 30.4 Å². The molecule has 11 heteroatoms. The third-order valence-corrected chi connectivity index (χ3v) is 0.587. The second-order valence-corrected chi connectivity index (χ2v) is 3.26. The van der Waals surface area contributed by atoms with Crippen molar-refractivity contribution in [3.8, 4) is 0 Å². The Morgan fingerprint density at radius 2 is 1.27 bits per heavy atom. The van der Waals surface area contributed by atoms with E-state index < -0.39 is 34.1 Å². The van der Waals surface area contributed by atoms with Gasteiger partial charge in [-0.1, -0.05) is 0 Å². The van der Waals surface area contributed by atoms with Gasteiger partial charge in [-0.05, 0) is 11.6 Å². The molecule has 0 aromatic rings. The van der Waals surface area contributed by atoms with Gasteiger partial charge in [0.15, 0.2) is 0 Å². The monoisotopic (exact) mass is 278 g/mol. The molecule has 0 aliphatic carbocycles. The van der Waals surface area contributed by atoms with Crippen molar-refractivity contribution in [2.75, 3.05) is 0 Å². The number of alkyl halides is 6. The van der Waals surface area contributed by atoms with Crippen LogP contribution in [0.5, 0.6) is 0 Å². The van der Waals surface area contributed by atoms with Gasteiger partial charge in [-0.3, -0.25) is 9.11 Å². The molecule has 4 nitrogen and oxygen atoms in total. The molecule has 15 heavy (non-hydrogen) atoms. The van der Waals surface area contributed by atoms with Gasteiger partial charge in [0.25, 0.3) is 0 Å². The third kappa shape index (κ3) is 42.1. The molecule has 0 aliphatic heterocycles. The minimum atomic E-state index is -4.74. The topological polar surface area (TPSA) is 74.6 Å². The lowest BCUT2D eigenvalue weighted by Crippen LogP contribution is -2.06. The van der Waals surface area contributed by atoms with Crippen LogP contribution in [0.2, 0.25) is 0 Å². The average molecular weight is 279 g/mol. The molecule has 0 aromatic carbocycles. The number of hydrogen-bond donors (Lipinski definition) is 2. The zero-order valence-corrected chi connectivity index (χ0v) is 8.11. The van der Waals surface area contributed by atoms with E-state index in [-0.39, 0.29) is 0 Å². The summed E-state index contributed by atoms with van der Waals surface area (Å²) in [7, 11) is -4.67. The largest absolute Gasteiger partial charge is 0.409 e. The first-order valence-electron chi connectivity index (χ1n) is 2.74. The summed E-state index contributed by atoms with van der Waals surface area (Å²) in [6, 6.07) is 0. The molecule has 0 rings (SSSR count). The molecular formula is C4H4ClF5O4S. The van der Waals surface area contributed by atoms with E-state index in [1.54, 1.807) is 0 Å². The van der Waals surface area contributed by atoms with Gasteiger partial charge in [0, 0.05) is 12.2 Å². The van der Waals surface area contributed by atoms with E-state index in [4.69, 9.17) is 17.5 Å². The van der Waals surface area contributed by atoms with E-state index in [0.29, 0.717) is 0 Å². The Morgan fingerprint density at radius 3 is 1.33 bits per heavy atom. The van der Waals surface area contributed by atoms with Crippen molar-refractivity contribution < 1.29 is 39.5 Å². The molecule has 0 aromatic heterocycles. The summed E-state index contributed by atoms with van der Waals surface area (Å²) >= 11 is 4.12. The lowest BCUT2D eigenvalue weighted by Gasteiger charge is -2.01. The normalized spacial score (nSPS) is 13.6. The quantitative estimate of drug-likeness (QED) is 0.334. The Hall–Kier alpha value is -0.450. The molecule has 0 saturated heterocycles. The fourth-order valence-electron chi connectivity index (χ4n) is 0.189. The summed E-state index contributed by atoms with van der Waals surface area (Å²) in [4.78, 5) is 0. The molecule has 2 N–H and O–H groups in total. The van der Waals surface area contributed by atoms with Gasteiger partial charge < -0.3 is 0 Å². The number of rotatable bonds is 1. The Kier molecular flexibility index (Phi) is 6.31. The third-order valence-electron chi connectivity index (χ3n) is 0.461. The first-order valence-corrected chi connectivity index (χ1v) is 4.52. The van der Waals surface area contributed by atoms with Crippen molar-refractivity contribution in [3.63, 3.8) is 0 Å². The van der Waals surface area contributed by atoms with Crippen LogP contribution < -0.4 is 0 Å². The Morgan fingerprint density at radius 1 is 1.00 bits per heavy atom. The molecular weight excluding hydrogens is 275 g/mol. The zero-order valence-electron chi connectivity index (χ0n) is 6.54. The van der Waals surface area contributed by atoms with Crippen molar-refractivity contribution in [2.45, 2.75) is 11.6 Å². The van der Waals surface area contributed by atoms with E-state index in [2.05, 4.69) is 11.6 Å². The van der Waals surface area contributed by atoms with Gasteiger partial charge >= 0.3 is 22.0 Å². The minimum absolute atomic E-state index is 0.422. The number of halogens is 6. The lowest BCUT2D eigenvalue weighted by atomic mass is 10.5. The van der Waals surface area contributed by atoms with E-state index in [1.807, 2.05) is 0 Å². The van der Waals surface area contributed by atoms with Gasteiger partial charge in [-0.15, -0.1) is 0 Å². The molecule has 0 aliphatic rings. The van der Waals surface area contributed by atoms with Crippen molar-refractivity contribution in [1.29, 1.82) is 0 Å². The number of hydrogen-bond acceptors (Lipinski definition) is 2. The lowest BCUT2D eigenvalue weighted by molar-refractivity contribution is -0.0811. The summed E-state index contributed by atoms with van der Waals surface area (Å²) in [6.07, 6.45) is -5.77. The molecule has 0 fully saturated rings. The van der Waals surface area contributed by atoms with Gasteiger partial charge in [0.2, 0.25) is 0 Å². The first kappa shape index (κ1) is 17.0. The Bertz CT molecular complexity index is 278. The fourth-order valence-corrected chi connectivity index (χ4v) is 0.252. The Labute approximate surface area is 85.9 Å². The highest BCUT2D eigenvalue weighted by atomic mass is 35.5. The van der Waals surface area contributed by atoms with E-state index >= 15 is 0 Å². The van der Waals surface area contributed by atoms with Crippen LogP contribution in [0.3, 0.4) is 0 Å². The van der Waals surface area contributed by atoms with Crippen molar-refractivity contribution in [2.24, 2.45) is 0 Å². The smallest absolute Gasteiger partial charge is 0.264 e. The first-order chi connectivity index (χ1) is 6.21. The van der Waals surface area contributed by atoms with Crippen molar-refractivity contribution >= 4 is 22.0 Å². The molecule has 92 valence electrons. The molecule has 0 bridgehead atoms. The maximum absolute atomic E-state index is 11.4. The maximum atomic E-state index is 11.4. The molecule has 0 heterocycles. The van der Waals surface area contributed by atoms with Gasteiger partial charge in [-0.25, -0.2) is 0 Å². The van der Waals surface area contributed by atoms with Gasteiger partial charge in [0.05, 0.1) is 0 Å². The van der Waals surface area contributed by atoms with Crippen LogP contribution in [0.4, 0.5) is 22.0 Å². The molecule has 0 saturated carbocycles. The highest BCUT2D eigenvalue weighted by Gasteiger charge is 2.27. The molecule has 0 radical (unpaired) electrons. The van der Waals surface area contributed by atoms with E-state index in [1.165, 1.54) is 0 Å². The van der Waals surface area contributed by atoms with Crippen LogP contribution in [0, 0.1) is 0 Å². The van der Waals surface area contributed by atoms with Crippen LogP contribution in [0.1, 0.15) is 0 Å². The average Bonchev–Trinajstić information content (AvgIpc) is 1.76. The van der Waals surface area contributed by atoms with Gasteiger partial charge in [0.1, 0.15) is 0 Å². The van der Waals surface area contributed by atoms with Crippen LogP contribution >= 0.6 is 11.6 Å². The minimum Gasteiger partial charge on any atom is -0.264 e. The highest BCUT2D eigenvalue weighted by molar-refractivity contribution is 7.79. The van der Waals surface area contributed by atoms with Crippen molar-refractivity contribution in [1.82, 2.24) is 0 Å². The highest BCUT2D eigenvalue weighted by Crippen LogP contribution is 2.24. The van der Waals surface area contributed by atoms with Crippen LogP contribution in [0.25, 0.3) is 0 Å². The summed E-state index contributed by atoms with van der Waals surface area (Å²) in [5.41, 5.74) is 0. The predicted molar refractivity (Wildman–Crippen MR) is 40.2 cm³/mol. The summed E-state index contributed by atoms with van der Waals surface area (Å²) in [6.45, 7) is 0. The second kappa shape index (κ2) is 5.58. The summed E-state index contributed by atoms with van der Waals surface area (Å²) in [5, 5.41) is -3.92. The van der Waals surface area contributed by atoms with E-state index in [9.17, 15) is 22.0 Å². The SMILES string of the molecule is FC(F)(F)/C=C/C(F)(F)Cl.O=S(=O)(O)O. The summed E-state index contributed by atoms with van der Waals surface area (Å²) < 4.78 is 87.8. The van der Waals surface area contributed by atoms with Crippen molar-refractivity contribution in [3.05, 3.63) is 12.2 Å². The zero-order chi connectivity index (χ0) is 12.9. The Balaban J connectivity index is 0. The molecule has 0 atom stereocenters. The molecule has 0 spiro atoms. The van der Waals surface area contributed by atoms with Crippen LogP contribution in [0.15, 0.2) is 12.2 Å². The fraction of sp³-hybridized carbons (Fsp3) is 0.500. The second-order valence-electron chi connectivity index (χ2n) is 1.86. The predicted octanol–water partition coefficient (Wildman–Crippen LogP) is 2.28. The molecule has 0 unspecified atom stereocenters. The van der Waals surface area contributed by atoms with Crippen LogP contribution in [-0.2, 0) is 10.4 Å². The van der Waals surface area contributed by atoms with E-state index in [0.717, 1.165) is 0 Å². The standard InChI is InChI=1S/C4H2ClF5.H2O4S/c5-3(6,7)1-2-4(8,9)10;1-5(2,3)4/h1-2H;(H2,1,2,3,4)/b2-1+;.